The molecule has 2 aromatic rings. The maximum Gasteiger partial charge on any atom is 0.229 e. The van der Waals surface area contributed by atoms with Gasteiger partial charge in [-0.2, -0.15) is 0 Å². The number of hydrogen-bond acceptors (Lipinski definition) is 3. The summed E-state index contributed by atoms with van der Waals surface area (Å²) in [4.78, 5) is 27.0. The Morgan fingerprint density at radius 2 is 1.90 bits per heavy atom. The predicted octanol–water partition coefficient (Wildman–Crippen LogP) is 4.73. The lowest BCUT2D eigenvalue weighted by Crippen LogP contribution is -2.43. The average Bonchev–Trinajstić information content (AvgIpc) is 2.76. The van der Waals surface area contributed by atoms with Crippen LogP contribution in [-0.4, -0.2) is 36.4 Å². The number of rotatable bonds is 8. The van der Waals surface area contributed by atoms with E-state index in [1.54, 1.807) is 0 Å². The highest BCUT2D eigenvalue weighted by Gasteiger charge is 2.28. The van der Waals surface area contributed by atoms with Crippen molar-refractivity contribution < 1.29 is 14.3 Å². The first kappa shape index (κ1) is 21.9. The molecule has 1 fully saturated rings. The van der Waals surface area contributed by atoms with Gasteiger partial charge in [-0.3, -0.25) is 9.59 Å². The topological polar surface area (TPSA) is 58.6 Å². The van der Waals surface area contributed by atoms with Gasteiger partial charge in [0.25, 0.3) is 0 Å². The summed E-state index contributed by atoms with van der Waals surface area (Å²) in [5, 5.41) is 2.96. The second kappa shape index (κ2) is 10.8. The third-order valence-corrected chi connectivity index (χ3v) is 5.57. The van der Waals surface area contributed by atoms with Crippen LogP contribution in [0.2, 0.25) is 0 Å². The smallest absolute Gasteiger partial charge is 0.229 e. The second-order valence-corrected chi connectivity index (χ2v) is 8.11. The number of likely N-dealkylation sites (tertiary alicyclic amines) is 1. The number of hydrogen-bond donors (Lipinski definition) is 1. The van der Waals surface area contributed by atoms with E-state index in [0.29, 0.717) is 19.6 Å². The Balaban J connectivity index is 1.38. The molecular weight excluding hydrogens is 376 g/mol. The highest BCUT2D eigenvalue weighted by Crippen LogP contribution is 2.21. The van der Waals surface area contributed by atoms with E-state index in [1.807, 2.05) is 42.2 Å². The summed E-state index contributed by atoms with van der Waals surface area (Å²) in [6, 6.07) is 15.7. The highest BCUT2D eigenvalue weighted by molar-refractivity contribution is 5.93. The Morgan fingerprint density at radius 1 is 1.10 bits per heavy atom. The number of nitrogens with one attached hydrogen (secondary N) is 1. The summed E-state index contributed by atoms with van der Waals surface area (Å²) in [5.74, 6) is 0.916. The van der Waals surface area contributed by atoms with E-state index < -0.39 is 0 Å². The number of para-hydroxylation sites is 1. The highest BCUT2D eigenvalue weighted by atomic mass is 16.5. The summed E-state index contributed by atoms with van der Waals surface area (Å²) >= 11 is 0. The maximum atomic E-state index is 12.6. The number of carbonyl (C=O) groups is 2. The number of nitrogens with zero attached hydrogens (tertiary/aromatic N) is 1. The zero-order valence-corrected chi connectivity index (χ0v) is 18.0. The minimum Gasteiger partial charge on any atom is -0.493 e. The molecule has 0 bridgehead atoms. The average molecular weight is 409 g/mol. The zero-order chi connectivity index (χ0) is 21.3. The van der Waals surface area contributed by atoms with Crippen LogP contribution >= 0.6 is 0 Å². The summed E-state index contributed by atoms with van der Waals surface area (Å²) in [5.41, 5.74) is 3.11. The molecule has 0 aliphatic carbocycles. The number of anilines is 1. The van der Waals surface area contributed by atoms with Gasteiger partial charge in [0.1, 0.15) is 5.75 Å². The van der Waals surface area contributed by atoms with Crippen molar-refractivity contribution in [2.75, 3.05) is 25.0 Å². The fourth-order valence-corrected chi connectivity index (χ4v) is 3.76. The van der Waals surface area contributed by atoms with Gasteiger partial charge in [0.05, 0.1) is 12.5 Å². The van der Waals surface area contributed by atoms with Crippen molar-refractivity contribution >= 4 is 17.5 Å². The molecule has 2 aromatic carbocycles. The molecule has 3 rings (SSSR count). The number of piperidine rings is 1. The molecular formula is C25H32N2O3. The van der Waals surface area contributed by atoms with Crippen LogP contribution in [0.25, 0.3) is 0 Å². The van der Waals surface area contributed by atoms with Crippen LogP contribution in [0, 0.1) is 19.8 Å². The first-order valence-electron chi connectivity index (χ1n) is 10.9. The first-order valence-corrected chi connectivity index (χ1v) is 10.9. The molecule has 0 saturated carbocycles. The van der Waals surface area contributed by atoms with Gasteiger partial charge in [-0.05, 0) is 68.9 Å². The first-order chi connectivity index (χ1) is 14.5. The molecule has 30 heavy (non-hydrogen) atoms. The lowest BCUT2D eigenvalue weighted by molar-refractivity contribution is -0.134. The van der Waals surface area contributed by atoms with Gasteiger partial charge < -0.3 is 15.0 Å². The molecule has 2 amide bonds. The van der Waals surface area contributed by atoms with Gasteiger partial charge in [0.2, 0.25) is 11.8 Å². The van der Waals surface area contributed by atoms with E-state index in [2.05, 4.69) is 30.4 Å². The molecule has 0 radical (unpaired) electrons. The largest absolute Gasteiger partial charge is 0.493 e. The Labute approximate surface area is 179 Å². The fraction of sp³-hybridized carbons (Fsp3) is 0.440. The van der Waals surface area contributed by atoms with Crippen LogP contribution in [0.4, 0.5) is 5.69 Å². The number of aryl methyl sites for hydroxylation is 2. The number of ether oxygens (including phenoxy) is 1. The molecule has 1 aliphatic heterocycles. The molecule has 5 heteroatoms. The lowest BCUT2D eigenvalue weighted by Gasteiger charge is -2.32. The van der Waals surface area contributed by atoms with E-state index in [1.165, 1.54) is 5.56 Å². The fourth-order valence-electron chi connectivity index (χ4n) is 3.76. The Kier molecular flexibility index (Phi) is 7.89. The van der Waals surface area contributed by atoms with Gasteiger partial charge in [-0.1, -0.05) is 30.3 Å². The van der Waals surface area contributed by atoms with Crippen LogP contribution in [-0.2, 0) is 9.59 Å². The maximum absolute atomic E-state index is 12.6. The molecule has 1 unspecified atom stereocenters. The Hall–Kier alpha value is -2.82. The van der Waals surface area contributed by atoms with E-state index in [0.717, 1.165) is 49.2 Å². The van der Waals surface area contributed by atoms with Gasteiger partial charge >= 0.3 is 0 Å². The number of benzene rings is 2. The van der Waals surface area contributed by atoms with E-state index in [4.69, 9.17) is 4.74 Å². The molecule has 0 aromatic heterocycles. The van der Waals surface area contributed by atoms with Crippen molar-refractivity contribution in [3.05, 3.63) is 59.7 Å². The number of unbranched alkanes of at least 4 members (excludes halogenated alkanes) is 1. The van der Waals surface area contributed by atoms with Crippen molar-refractivity contribution in [3.63, 3.8) is 0 Å². The number of carbonyl (C=O) groups excluding carboxylic acids is 2. The van der Waals surface area contributed by atoms with Crippen LogP contribution in [0.15, 0.2) is 48.5 Å². The van der Waals surface area contributed by atoms with Gasteiger partial charge in [0.15, 0.2) is 0 Å². The molecule has 1 saturated heterocycles. The van der Waals surface area contributed by atoms with Gasteiger partial charge in [0, 0.05) is 25.2 Å². The quantitative estimate of drug-likeness (QED) is 0.643. The molecule has 0 spiro atoms. The summed E-state index contributed by atoms with van der Waals surface area (Å²) in [7, 11) is 0. The molecule has 1 N–H and O–H groups in total. The van der Waals surface area contributed by atoms with Crippen molar-refractivity contribution in [1.82, 2.24) is 4.90 Å². The SMILES string of the molecule is Cc1ccc(C)c(OCCCCC(=O)N2CCCC(C(=O)Nc3ccccc3)C2)c1. The minimum atomic E-state index is -0.143. The minimum absolute atomic E-state index is 0.000578. The Morgan fingerprint density at radius 3 is 2.70 bits per heavy atom. The zero-order valence-electron chi connectivity index (χ0n) is 18.0. The molecule has 1 aliphatic rings. The standard InChI is InChI=1S/C25H32N2O3/c1-19-13-14-20(2)23(17-19)30-16-7-6-12-24(28)27-15-8-9-21(18-27)25(29)26-22-10-4-3-5-11-22/h3-5,10-11,13-14,17,21H,6-9,12,15-16,18H2,1-2H3,(H,26,29). The third-order valence-electron chi connectivity index (χ3n) is 5.57. The predicted molar refractivity (Wildman–Crippen MR) is 120 cm³/mol. The summed E-state index contributed by atoms with van der Waals surface area (Å²) in [6.07, 6.45) is 3.83. The third kappa shape index (κ3) is 6.34. The molecule has 1 heterocycles. The van der Waals surface area contributed by atoms with E-state index in [9.17, 15) is 9.59 Å². The normalized spacial score (nSPS) is 16.2. The summed E-state index contributed by atoms with van der Waals surface area (Å²) in [6.45, 7) is 5.96. The molecule has 160 valence electrons. The number of amides is 2. The molecule has 5 nitrogen and oxygen atoms in total. The van der Waals surface area contributed by atoms with E-state index >= 15 is 0 Å². The van der Waals surface area contributed by atoms with Crippen molar-refractivity contribution in [1.29, 1.82) is 0 Å². The van der Waals surface area contributed by atoms with Crippen LogP contribution < -0.4 is 10.1 Å². The van der Waals surface area contributed by atoms with Crippen LogP contribution in [0.1, 0.15) is 43.2 Å². The van der Waals surface area contributed by atoms with Crippen molar-refractivity contribution in [3.8, 4) is 5.75 Å². The van der Waals surface area contributed by atoms with E-state index in [-0.39, 0.29) is 17.7 Å². The van der Waals surface area contributed by atoms with Gasteiger partial charge in [-0.25, -0.2) is 0 Å². The molecule has 1 atom stereocenters. The van der Waals surface area contributed by atoms with Crippen LogP contribution in [0.3, 0.4) is 0 Å². The lowest BCUT2D eigenvalue weighted by atomic mass is 9.96. The second-order valence-electron chi connectivity index (χ2n) is 8.11. The van der Waals surface area contributed by atoms with Crippen molar-refractivity contribution in [2.45, 2.75) is 46.0 Å². The van der Waals surface area contributed by atoms with Gasteiger partial charge in [-0.15, -0.1) is 0 Å². The van der Waals surface area contributed by atoms with Crippen LogP contribution in [0.5, 0.6) is 5.75 Å². The monoisotopic (exact) mass is 408 g/mol. The Bertz CT molecular complexity index is 851. The van der Waals surface area contributed by atoms with Crippen molar-refractivity contribution in [2.24, 2.45) is 5.92 Å². The summed E-state index contributed by atoms with van der Waals surface area (Å²) < 4.78 is 5.87.